The van der Waals surface area contributed by atoms with Crippen molar-refractivity contribution in [3.63, 3.8) is 0 Å². The van der Waals surface area contributed by atoms with Crippen molar-refractivity contribution in [1.29, 1.82) is 0 Å². The van der Waals surface area contributed by atoms with Gasteiger partial charge in [0.05, 0.1) is 0 Å². The van der Waals surface area contributed by atoms with Gasteiger partial charge in [0.2, 0.25) is 17.6 Å². The van der Waals surface area contributed by atoms with E-state index in [9.17, 15) is 4.79 Å². The monoisotopic (exact) mass is 438 g/mol. The van der Waals surface area contributed by atoms with Crippen molar-refractivity contribution in [1.82, 2.24) is 15.0 Å². The molecule has 7 heteroatoms. The number of anilines is 1. The topological polar surface area (TPSA) is 62.5 Å². The standard InChI is InChI=1S/C24H27ClN4O2/c1-28(17-18-5-11-21(12-6-18)29-15-3-2-4-16-29)23(30)14-13-22-26-24(27-31-22)19-7-9-20(25)10-8-19/h5-12H,2-4,13-17H2,1H3. The fourth-order valence-corrected chi connectivity index (χ4v) is 3.93. The Labute approximate surface area is 187 Å². The molecule has 1 aromatic heterocycles. The van der Waals surface area contributed by atoms with E-state index in [1.54, 1.807) is 17.0 Å². The molecule has 2 heterocycles. The summed E-state index contributed by atoms with van der Waals surface area (Å²) in [5.74, 6) is 1.00. The summed E-state index contributed by atoms with van der Waals surface area (Å²) in [6, 6.07) is 15.8. The summed E-state index contributed by atoms with van der Waals surface area (Å²) in [5, 5.41) is 4.65. The molecule has 4 rings (SSSR count). The van der Waals surface area contributed by atoms with Gasteiger partial charge in [-0.05, 0) is 61.2 Å². The molecule has 1 saturated heterocycles. The first-order valence-corrected chi connectivity index (χ1v) is 11.1. The number of carbonyl (C=O) groups is 1. The summed E-state index contributed by atoms with van der Waals surface area (Å²) < 4.78 is 5.30. The van der Waals surface area contributed by atoms with E-state index in [4.69, 9.17) is 16.1 Å². The van der Waals surface area contributed by atoms with Crippen molar-refractivity contribution in [3.8, 4) is 11.4 Å². The Morgan fingerprint density at radius 2 is 1.77 bits per heavy atom. The van der Waals surface area contributed by atoms with E-state index in [0.29, 0.717) is 36.1 Å². The SMILES string of the molecule is CN(Cc1ccc(N2CCCCC2)cc1)C(=O)CCc1nc(-c2ccc(Cl)cc2)no1. The van der Waals surface area contributed by atoms with Gasteiger partial charge in [-0.25, -0.2) is 0 Å². The molecular formula is C24H27ClN4O2. The van der Waals surface area contributed by atoms with Crippen molar-refractivity contribution in [3.05, 3.63) is 65.0 Å². The zero-order chi connectivity index (χ0) is 21.6. The van der Waals surface area contributed by atoms with Crippen LogP contribution in [0.25, 0.3) is 11.4 Å². The molecule has 1 aliphatic rings. The molecule has 31 heavy (non-hydrogen) atoms. The highest BCUT2D eigenvalue weighted by atomic mass is 35.5. The van der Waals surface area contributed by atoms with Crippen LogP contribution in [-0.2, 0) is 17.8 Å². The van der Waals surface area contributed by atoms with Crippen LogP contribution in [0.2, 0.25) is 5.02 Å². The second-order valence-electron chi connectivity index (χ2n) is 7.98. The summed E-state index contributed by atoms with van der Waals surface area (Å²) in [4.78, 5) is 21.1. The number of hydrogen-bond acceptors (Lipinski definition) is 5. The molecule has 0 aliphatic carbocycles. The summed E-state index contributed by atoms with van der Waals surface area (Å²) >= 11 is 5.91. The van der Waals surface area contributed by atoms with E-state index in [1.807, 2.05) is 19.2 Å². The van der Waals surface area contributed by atoms with Gasteiger partial charge in [-0.2, -0.15) is 4.98 Å². The maximum absolute atomic E-state index is 12.6. The molecule has 0 saturated carbocycles. The molecule has 0 bridgehead atoms. The van der Waals surface area contributed by atoms with Crippen LogP contribution in [0.15, 0.2) is 53.1 Å². The Morgan fingerprint density at radius 1 is 1.06 bits per heavy atom. The molecule has 162 valence electrons. The summed E-state index contributed by atoms with van der Waals surface area (Å²) in [5.41, 5.74) is 3.22. The Hall–Kier alpha value is -2.86. The van der Waals surface area contributed by atoms with Crippen LogP contribution in [0.3, 0.4) is 0 Å². The molecule has 0 N–H and O–H groups in total. The quantitative estimate of drug-likeness (QED) is 0.521. The number of aromatic nitrogens is 2. The molecular weight excluding hydrogens is 412 g/mol. The molecule has 0 unspecified atom stereocenters. The lowest BCUT2D eigenvalue weighted by molar-refractivity contribution is -0.130. The molecule has 3 aromatic rings. The van der Waals surface area contributed by atoms with Gasteiger partial charge in [0.1, 0.15) is 0 Å². The van der Waals surface area contributed by atoms with E-state index in [2.05, 4.69) is 39.3 Å². The third-order valence-electron chi connectivity index (χ3n) is 5.63. The fraction of sp³-hybridized carbons (Fsp3) is 0.375. The molecule has 1 amide bonds. The van der Waals surface area contributed by atoms with Crippen molar-refractivity contribution in [2.45, 2.75) is 38.6 Å². The van der Waals surface area contributed by atoms with E-state index in [1.165, 1.54) is 24.9 Å². The average Bonchev–Trinajstić information content (AvgIpc) is 3.28. The maximum atomic E-state index is 12.6. The molecule has 0 atom stereocenters. The van der Waals surface area contributed by atoms with Crippen molar-refractivity contribution < 1.29 is 9.32 Å². The summed E-state index contributed by atoms with van der Waals surface area (Å²) in [6.07, 6.45) is 4.59. The summed E-state index contributed by atoms with van der Waals surface area (Å²) in [6.45, 7) is 2.85. The molecule has 0 radical (unpaired) electrons. The van der Waals surface area contributed by atoms with Crippen molar-refractivity contribution >= 4 is 23.2 Å². The van der Waals surface area contributed by atoms with E-state index in [-0.39, 0.29) is 5.91 Å². The minimum absolute atomic E-state index is 0.0475. The van der Waals surface area contributed by atoms with Gasteiger partial charge in [0.15, 0.2) is 0 Å². The molecule has 0 spiro atoms. The number of amides is 1. The largest absolute Gasteiger partial charge is 0.372 e. The third kappa shape index (κ3) is 5.64. The van der Waals surface area contributed by atoms with Crippen LogP contribution in [0.5, 0.6) is 0 Å². The molecule has 6 nitrogen and oxygen atoms in total. The number of rotatable bonds is 7. The first-order valence-electron chi connectivity index (χ1n) is 10.7. The van der Waals surface area contributed by atoms with Crippen LogP contribution in [0.4, 0.5) is 5.69 Å². The second-order valence-corrected chi connectivity index (χ2v) is 8.42. The lowest BCUT2D eigenvalue weighted by Crippen LogP contribution is -2.29. The number of aryl methyl sites for hydroxylation is 1. The molecule has 1 fully saturated rings. The average molecular weight is 439 g/mol. The van der Waals surface area contributed by atoms with Gasteiger partial charge in [-0.3, -0.25) is 4.79 Å². The first kappa shape index (κ1) is 21.4. The van der Waals surface area contributed by atoms with Gasteiger partial charge >= 0.3 is 0 Å². The Balaban J connectivity index is 1.27. The van der Waals surface area contributed by atoms with Crippen molar-refractivity contribution in [2.24, 2.45) is 0 Å². The van der Waals surface area contributed by atoms with Crippen LogP contribution in [0.1, 0.15) is 37.1 Å². The van der Waals surface area contributed by atoms with Gasteiger partial charge in [0, 0.05) is 55.8 Å². The smallest absolute Gasteiger partial charge is 0.227 e. The van der Waals surface area contributed by atoms with E-state index in [0.717, 1.165) is 24.2 Å². The Morgan fingerprint density at radius 3 is 2.48 bits per heavy atom. The lowest BCUT2D eigenvalue weighted by Gasteiger charge is -2.29. The number of halogens is 1. The number of piperidine rings is 1. The summed E-state index contributed by atoms with van der Waals surface area (Å²) in [7, 11) is 1.83. The Kier molecular flexibility index (Phi) is 6.87. The van der Waals surface area contributed by atoms with Crippen LogP contribution >= 0.6 is 11.6 Å². The van der Waals surface area contributed by atoms with Gasteiger partial charge in [-0.1, -0.05) is 28.9 Å². The van der Waals surface area contributed by atoms with E-state index < -0.39 is 0 Å². The normalized spacial score (nSPS) is 13.9. The van der Waals surface area contributed by atoms with E-state index >= 15 is 0 Å². The predicted octanol–water partition coefficient (Wildman–Crippen LogP) is 4.97. The van der Waals surface area contributed by atoms with Gasteiger partial charge in [-0.15, -0.1) is 0 Å². The number of hydrogen-bond donors (Lipinski definition) is 0. The number of carbonyl (C=O) groups excluding carboxylic acids is 1. The first-order chi connectivity index (χ1) is 15.1. The number of benzene rings is 2. The fourth-order valence-electron chi connectivity index (χ4n) is 3.80. The zero-order valence-corrected chi connectivity index (χ0v) is 18.5. The highest BCUT2D eigenvalue weighted by molar-refractivity contribution is 6.30. The maximum Gasteiger partial charge on any atom is 0.227 e. The van der Waals surface area contributed by atoms with Crippen molar-refractivity contribution in [2.75, 3.05) is 25.0 Å². The Bertz CT molecular complexity index is 995. The minimum atomic E-state index is 0.0475. The highest BCUT2D eigenvalue weighted by Gasteiger charge is 2.15. The molecule has 1 aliphatic heterocycles. The van der Waals surface area contributed by atoms with Gasteiger partial charge in [0.25, 0.3) is 0 Å². The van der Waals surface area contributed by atoms with Crippen LogP contribution in [0, 0.1) is 0 Å². The lowest BCUT2D eigenvalue weighted by atomic mass is 10.1. The number of nitrogens with zero attached hydrogens (tertiary/aromatic N) is 4. The second kappa shape index (κ2) is 9.96. The van der Waals surface area contributed by atoms with Crippen LogP contribution < -0.4 is 4.90 Å². The zero-order valence-electron chi connectivity index (χ0n) is 17.8. The predicted molar refractivity (Wildman–Crippen MR) is 122 cm³/mol. The van der Waals surface area contributed by atoms with Crippen LogP contribution in [-0.4, -0.2) is 41.1 Å². The minimum Gasteiger partial charge on any atom is -0.372 e. The molecule has 2 aromatic carbocycles. The highest BCUT2D eigenvalue weighted by Crippen LogP contribution is 2.21. The van der Waals surface area contributed by atoms with Gasteiger partial charge < -0.3 is 14.3 Å². The third-order valence-corrected chi connectivity index (χ3v) is 5.88.